The first-order chi connectivity index (χ1) is 8.71. The molecular formula is C13H12N2O3. The van der Waals surface area contributed by atoms with E-state index in [0.717, 1.165) is 0 Å². The fraction of sp³-hybridized carbons (Fsp3) is 0.231. The zero-order valence-electron chi connectivity index (χ0n) is 9.90. The summed E-state index contributed by atoms with van der Waals surface area (Å²) in [5.74, 6) is 2.76. The highest BCUT2D eigenvalue weighted by Gasteiger charge is 2.08. The first kappa shape index (κ1) is 13.4. The molecule has 0 fully saturated rings. The second kappa shape index (κ2) is 6.82. The Morgan fingerprint density at radius 3 is 2.89 bits per heavy atom. The minimum atomic E-state index is -0.320. The number of benzene rings is 1. The molecule has 1 aromatic carbocycles. The van der Waals surface area contributed by atoms with Crippen LogP contribution in [-0.2, 0) is 4.79 Å². The van der Waals surface area contributed by atoms with E-state index in [1.54, 1.807) is 12.1 Å². The number of nitrogens with one attached hydrogen (secondary N) is 1. The first-order valence-electron chi connectivity index (χ1n) is 5.12. The number of rotatable bonds is 5. The molecule has 1 amide bonds. The largest absolute Gasteiger partial charge is 0.493 e. The van der Waals surface area contributed by atoms with Crippen LogP contribution in [0.2, 0.25) is 0 Å². The van der Waals surface area contributed by atoms with E-state index < -0.39 is 0 Å². The summed E-state index contributed by atoms with van der Waals surface area (Å²) >= 11 is 0. The van der Waals surface area contributed by atoms with Crippen molar-refractivity contribution in [2.24, 2.45) is 0 Å². The van der Waals surface area contributed by atoms with Gasteiger partial charge < -0.3 is 14.8 Å². The van der Waals surface area contributed by atoms with Gasteiger partial charge in [0, 0.05) is 6.07 Å². The lowest BCUT2D eigenvalue weighted by Crippen LogP contribution is -2.29. The van der Waals surface area contributed by atoms with Crippen molar-refractivity contribution < 1.29 is 14.3 Å². The molecule has 0 saturated carbocycles. The van der Waals surface area contributed by atoms with Gasteiger partial charge in [0.15, 0.2) is 18.1 Å². The number of hydrogen-bond donors (Lipinski definition) is 1. The molecule has 0 saturated heterocycles. The first-order valence-corrected chi connectivity index (χ1v) is 5.12. The summed E-state index contributed by atoms with van der Waals surface area (Å²) in [4.78, 5) is 11.3. The molecule has 5 nitrogen and oxygen atoms in total. The van der Waals surface area contributed by atoms with Gasteiger partial charge in [0.25, 0.3) is 5.91 Å². The van der Waals surface area contributed by atoms with Crippen molar-refractivity contribution >= 4 is 5.91 Å². The maximum Gasteiger partial charge on any atom is 0.258 e. The molecule has 1 aromatic rings. The molecule has 0 radical (unpaired) electrons. The monoisotopic (exact) mass is 244 g/mol. The summed E-state index contributed by atoms with van der Waals surface area (Å²) in [6.07, 6.45) is 5.01. The summed E-state index contributed by atoms with van der Waals surface area (Å²) in [7, 11) is 1.46. The second-order valence-corrected chi connectivity index (χ2v) is 3.25. The Labute approximate surface area is 105 Å². The molecule has 0 bridgehead atoms. The highest BCUT2D eigenvalue weighted by atomic mass is 16.5. The quantitative estimate of drug-likeness (QED) is 0.774. The highest BCUT2D eigenvalue weighted by molar-refractivity contribution is 5.77. The average Bonchev–Trinajstić information content (AvgIpc) is 2.42. The second-order valence-electron chi connectivity index (χ2n) is 3.25. The van der Waals surface area contributed by atoms with Gasteiger partial charge in [-0.1, -0.05) is 5.92 Å². The third-order valence-electron chi connectivity index (χ3n) is 2.04. The number of nitriles is 1. The lowest BCUT2D eigenvalue weighted by atomic mass is 10.2. The van der Waals surface area contributed by atoms with Crippen molar-refractivity contribution in [3.05, 3.63) is 23.8 Å². The van der Waals surface area contributed by atoms with Gasteiger partial charge in [0.2, 0.25) is 0 Å². The van der Waals surface area contributed by atoms with E-state index in [4.69, 9.17) is 21.2 Å². The Balaban J connectivity index is 2.65. The van der Waals surface area contributed by atoms with Crippen LogP contribution in [-0.4, -0.2) is 26.2 Å². The highest BCUT2D eigenvalue weighted by Crippen LogP contribution is 2.27. The average molecular weight is 244 g/mol. The van der Waals surface area contributed by atoms with Crippen LogP contribution in [0.3, 0.4) is 0 Å². The molecule has 5 heteroatoms. The van der Waals surface area contributed by atoms with Crippen LogP contribution in [0.25, 0.3) is 0 Å². The van der Waals surface area contributed by atoms with Gasteiger partial charge in [-0.25, -0.2) is 0 Å². The van der Waals surface area contributed by atoms with Gasteiger partial charge in [-0.15, -0.1) is 6.42 Å². The van der Waals surface area contributed by atoms with Gasteiger partial charge in [-0.05, 0) is 12.1 Å². The number of methoxy groups -OCH3 is 1. The van der Waals surface area contributed by atoms with Gasteiger partial charge in [-0.2, -0.15) is 5.26 Å². The Bertz CT molecular complexity index is 512. The lowest BCUT2D eigenvalue weighted by Gasteiger charge is -2.10. The molecule has 92 valence electrons. The minimum Gasteiger partial charge on any atom is -0.493 e. The van der Waals surface area contributed by atoms with Crippen LogP contribution < -0.4 is 14.8 Å². The van der Waals surface area contributed by atoms with Crippen LogP contribution in [0.4, 0.5) is 0 Å². The van der Waals surface area contributed by atoms with E-state index in [-0.39, 0.29) is 19.1 Å². The van der Waals surface area contributed by atoms with Gasteiger partial charge in [-0.3, -0.25) is 4.79 Å². The number of carbonyl (C=O) groups excluding carboxylic acids is 1. The van der Waals surface area contributed by atoms with Crippen LogP contribution in [0.5, 0.6) is 11.5 Å². The zero-order chi connectivity index (χ0) is 13.4. The van der Waals surface area contributed by atoms with E-state index in [2.05, 4.69) is 11.2 Å². The van der Waals surface area contributed by atoms with Crippen LogP contribution >= 0.6 is 0 Å². The summed E-state index contributed by atoms with van der Waals surface area (Å²) in [5.41, 5.74) is 0.455. The standard InChI is InChI=1S/C13H12N2O3/c1-3-6-15-13(16)9-18-11-5-4-10(8-14)7-12(11)17-2/h1,4-5,7H,6,9H2,2H3,(H,15,16). The fourth-order valence-electron chi connectivity index (χ4n) is 1.20. The van der Waals surface area contributed by atoms with Crippen molar-refractivity contribution in [1.82, 2.24) is 5.32 Å². The van der Waals surface area contributed by atoms with E-state index in [1.165, 1.54) is 13.2 Å². The molecule has 1 rings (SSSR count). The van der Waals surface area contributed by atoms with E-state index in [0.29, 0.717) is 17.1 Å². The smallest absolute Gasteiger partial charge is 0.258 e. The van der Waals surface area contributed by atoms with E-state index >= 15 is 0 Å². The summed E-state index contributed by atoms with van der Waals surface area (Å²) in [6, 6.07) is 6.68. The van der Waals surface area contributed by atoms with Crippen LogP contribution in [0.1, 0.15) is 5.56 Å². The van der Waals surface area contributed by atoms with Gasteiger partial charge >= 0.3 is 0 Å². The maximum atomic E-state index is 11.3. The predicted molar refractivity (Wildman–Crippen MR) is 65.0 cm³/mol. The topological polar surface area (TPSA) is 71.3 Å². The molecule has 0 aliphatic rings. The van der Waals surface area contributed by atoms with Crippen LogP contribution in [0, 0.1) is 23.7 Å². The fourth-order valence-corrected chi connectivity index (χ4v) is 1.20. The molecular weight excluding hydrogens is 232 g/mol. The number of terminal acetylenes is 1. The molecule has 0 aromatic heterocycles. The Morgan fingerprint density at radius 1 is 1.50 bits per heavy atom. The van der Waals surface area contributed by atoms with Crippen molar-refractivity contribution in [2.45, 2.75) is 0 Å². The minimum absolute atomic E-state index is 0.159. The van der Waals surface area contributed by atoms with E-state index in [1.807, 2.05) is 6.07 Å². The van der Waals surface area contributed by atoms with Gasteiger partial charge in [0.1, 0.15) is 0 Å². The number of hydrogen-bond acceptors (Lipinski definition) is 4. The van der Waals surface area contributed by atoms with Crippen molar-refractivity contribution in [1.29, 1.82) is 5.26 Å². The Hall–Kier alpha value is -2.66. The molecule has 0 aliphatic heterocycles. The molecule has 0 heterocycles. The van der Waals surface area contributed by atoms with Gasteiger partial charge in [0.05, 0.1) is 25.3 Å². The van der Waals surface area contributed by atoms with E-state index in [9.17, 15) is 4.79 Å². The summed E-state index contributed by atoms with van der Waals surface area (Å²) < 4.78 is 10.3. The Morgan fingerprint density at radius 2 is 2.28 bits per heavy atom. The lowest BCUT2D eigenvalue weighted by molar-refractivity contribution is -0.122. The summed E-state index contributed by atoms with van der Waals surface area (Å²) in [5, 5.41) is 11.2. The number of nitrogens with zero attached hydrogens (tertiary/aromatic N) is 1. The number of carbonyl (C=O) groups is 1. The van der Waals surface area contributed by atoms with Crippen LogP contribution in [0.15, 0.2) is 18.2 Å². The third-order valence-corrected chi connectivity index (χ3v) is 2.04. The molecule has 1 N–H and O–H groups in total. The Kier molecular flexibility index (Phi) is 5.08. The van der Waals surface area contributed by atoms with Crippen molar-refractivity contribution in [3.8, 4) is 29.9 Å². The molecule has 0 aliphatic carbocycles. The molecule has 0 unspecified atom stereocenters. The number of amides is 1. The SMILES string of the molecule is C#CCNC(=O)COc1ccc(C#N)cc1OC. The van der Waals surface area contributed by atoms with Crippen molar-refractivity contribution in [3.63, 3.8) is 0 Å². The number of ether oxygens (including phenoxy) is 2. The third kappa shape index (κ3) is 3.73. The van der Waals surface area contributed by atoms with Crippen molar-refractivity contribution in [2.75, 3.05) is 20.3 Å². The molecule has 0 spiro atoms. The molecule has 0 atom stereocenters. The molecule has 18 heavy (non-hydrogen) atoms. The predicted octanol–water partition coefficient (Wildman–Crippen LogP) is 0.695. The normalized spacial score (nSPS) is 8.83. The maximum absolute atomic E-state index is 11.3. The summed E-state index contributed by atoms with van der Waals surface area (Å²) in [6.45, 7) is -0.00333. The zero-order valence-corrected chi connectivity index (χ0v) is 9.90.